The second-order valence-corrected chi connectivity index (χ2v) is 12.6. The van der Waals surface area contributed by atoms with Gasteiger partial charge in [0.25, 0.3) is 0 Å². The Morgan fingerprint density at radius 3 is 1.57 bits per heavy atom. The van der Waals surface area contributed by atoms with E-state index in [1.807, 2.05) is 37.3 Å². The number of carboxylic acids is 1. The van der Waals surface area contributed by atoms with E-state index in [0.717, 1.165) is 5.56 Å². The van der Waals surface area contributed by atoms with Crippen LogP contribution in [-0.4, -0.2) is 47.4 Å². The first kappa shape index (κ1) is 38.3. The van der Waals surface area contributed by atoms with Gasteiger partial charge < -0.3 is 39.6 Å². The van der Waals surface area contributed by atoms with Gasteiger partial charge in [-0.3, -0.25) is 0 Å². The number of aromatic carboxylic acids is 1. The molecule has 4 aromatic rings. The van der Waals surface area contributed by atoms with Crippen molar-refractivity contribution < 1.29 is 48.7 Å². The number of hydrogen-bond acceptors (Lipinski definition) is 10. The molecule has 0 aliphatic carbocycles. The molecule has 0 radical (unpaired) electrons. The van der Waals surface area contributed by atoms with Crippen LogP contribution in [0.1, 0.15) is 99.7 Å². The molecule has 0 fully saturated rings. The number of carbonyl (C=O) groups excluding carboxylic acids is 2. The van der Waals surface area contributed by atoms with Crippen LogP contribution in [-0.2, 0) is 6.54 Å². The van der Waals surface area contributed by atoms with Crippen molar-refractivity contribution >= 4 is 17.9 Å². The summed E-state index contributed by atoms with van der Waals surface area (Å²) in [4.78, 5) is 39.7. The number of hydrogen-bond donors (Lipinski definition) is 4. The van der Waals surface area contributed by atoms with Gasteiger partial charge in [0.15, 0.2) is 0 Å². The van der Waals surface area contributed by atoms with Crippen LogP contribution in [0.25, 0.3) is 0 Å². The maximum absolute atomic E-state index is 13.9. The highest BCUT2D eigenvalue weighted by atomic mass is 16.5. The fourth-order valence-corrected chi connectivity index (χ4v) is 6.42. The number of nitrogens with one attached hydrogen (secondary N) is 1. The molecule has 4 aromatic carbocycles. The maximum Gasteiger partial charge on any atom is 0.347 e. The second kappa shape index (κ2) is 15.1. The summed E-state index contributed by atoms with van der Waals surface area (Å²) in [6, 6.07) is 9.71. The number of methoxy groups -OCH3 is 2. The molecule has 0 aliphatic heterocycles. The summed E-state index contributed by atoms with van der Waals surface area (Å²) in [6.45, 7) is 15.2. The summed E-state index contributed by atoms with van der Waals surface area (Å²) in [5.41, 5.74) is 4.30. The van der Waals surface area contributed by atoms with Gasteiger partial charge in [0.05, 0.1) is 14.2 Å². The van der Waals surface area contributed by atoms with Crippen LogP contribution in [0.5, 0.6) is 34.5 Å². The number of carbonyl (C=O) groups is 3. The van der Waals surface area contributed by atoms with Crippen LogP contribution >= 0.6 is 0 Å². The monoisotopic (exact) mass is 699 g/mol. The molecule has 4 N–H and O–H groups in total. The Balaban J connectivity index is 1.73. The van der Waals surface area contributed by atoms with E-state index in [1.54, 1.807) is 48.5 Å². The Morgan fingerprint density at radius 1 is 0.608 bits per heavy atom. The fourth-order valence-electron chi connectivity index (χ4n) is 6.42. The number of phenols is 2. The van der Waals surface area contributed by atoms with E-state index in [0.29, 0.717) is 44.5 Å². The summed E-state index contributed by atoms with van der Waals surface area (Å²) in [7, 11) is 2.72. The van der Waals surface area contributed by atoms with Gasteiger partial charge in [-0.2, -0.15) is 0 Å². The van der Waals surface area contributed by atoms with E-state index in [-0.39, 0.29) is 63.6 Å². The molecular weight excluding hydrogens is 654 g/mol. The molecule has 0 spiro atoms. The van der Waals surface area contributed by atoms with Crippen LogP contribution in [0.15, 0.2) is 30.3 Å². The van der Waals surface area contributed by atoms with Gasteiger partial charge in [0.2, 0.25) is 0 Å². The van der Waals surface area contributed by atoms with Crippen LogP contribution in [0.2, 0.25) is 0 Å². The quantitative estimate of drug-likeness (QED) is 0.0903. The van der Waals surface area contributed by atoms with E-state index >= 15 is 0 Å². The molecule has 0 aromatic heterocycles. The molecule has 0 saturated carbocycles. The highest BCUT2D eigenvalue weighted by molar-refractivity contribution is 6.00. The predicted octanol–water partition coefficient (Wildman–Crippen LogP) is 7.57. The zero-order chi connectivity index (χ0) is 38.1. The van der Waals surface area contributed by atoms with Crippen LogP contribution in [0.4, 0.5) is 0 Å². The smallest absolute Gasteiger partial charge is 0.347 e. The van der Waals surface area contributed by atoms with Gasteiger partial charge >= 0.3 is 17.9 Å². The molecule has 11 heteroatoms. The molecule has 0 bridgehead atoms. The Hall–Kier alpha value is -5.55. The Morgan fingerprint density at radius 2 is 1.08 bits per heavy atom. The van der Waals surface area contributed by atoms with Crippen molar-refractivity contribution in [1.29, 1.82) is 0 Å². The molecule has 0 heterocycles. The molecule has 0 aliphatic rings. The Kier molecular flexibility index (Phi) is 11.4. The van der Waals surface area contributed by atoms with Gasteiger partial charge in [-0.05, 0) is 95.7 Å². The lowest BCUT2D eigenvalue weighted by Crippen LogP contribution is -2.21. The maximum atomic E-state index is 13.9. The predicted molar refractivity (Wildman–Crippen MR) is 192 cm³/mol. The summed E-state index contributed by atoms with van der Waals surface area (Å²) >= 11 is 0. The lowest BCUT2D eigenvalue weighted by Gasteiger charge is -2.23. The molecular formula is C40H45NO10. The number of rotatable bonds is 11. The first-order valence-electron chi connectivity index (χ1n) is 16.3. The molecule has 0 amide bonds. The first-order chi connectivity index (χ1) is 24.0. The Bertz CT molecular complexity index is 2050. The third-order valence-electron chi connectivity index (χ3n) is 9.74. The zero-order valence-corrected chi connectivity index (χ0v) is 30.9. The molecule has 1 atom stereocenters. The summed E-state index contributed by atoms with van der Waals surface area (Å²) in [6.07, 6.45) is 0. The van der Waals surface area contributed by atoms with E-state index < -0.39 is 23.7 Å². The normalized spacial score (nSPS) is 11.6. The van der Waals surface area contributed by atoms with Gasteiger partial charge in [-0.1, -0.05) is 30.3 Å². The van der Waals surface area contributed by atoms with Crippen molar-refractivity contribution in [2.45, 2.75) is 74.9 Å². The van der Waals surface area contributed by atoms with Gasteiger partial charge in [0.1, 0.15) is 51.2 Å². The van der Waals surface area contributed by atoms with Crippen molar-refractivity contribution in [3.63, 3.8) is 0 Å². The van der Waals surface area contributed by atoms with E-state index in [1.165, 1.54) is 21.1 Å². The van der Waals surface area contributed by atoms with Gasteiger partial charge in [-0.15, -0.1) is 0 Å². The number of benzene rings is 4. The SMILES string of the molecule is COc1c(C)c(OC(=O)c2c(C)c(C)c(OC(=O)c3c(C)c(CN[C@@H](C)c4ccccc4)c(O)c(C)c3O)c(C)c2OC)c(C)c(C)c1C(=O)O. The van der Waals surface area contributed by atoms with Gasteiger partial charge in [0, 0.05) is 34.8 Å². The lowest BCUT2D eigenvalue weighted by atomic mass is 9.95. The molecule has 0 unspecified atom stereocenters. The average molecular weight is 700 g/mol. The standard InChI is InChI=1S/C40H45NO10/c1-18-20(3)34(24(7)36(48-10)30(18)38(44)45)51-40(47)31-19(2)21(4)35(25(8)37(31)49-11)50-39(46)29-22(5)28(32(42)23(6)33(29)43)17-41-26(9)27-15-13-12-14-16-27/h12-16,26,41-43H,17H2,1-11H3,(H,44,45)/t26-/m0/s1. The van der Waals surface area contributed by atoms with Crippen LogP contribution in [0, 0.1) is 55.4 Å². The summed E-state index contributed by atoms with van der Waals surface area (Å²) in [5.74, 6) is -2.85. The average Bonchev–Trinajstić information content (AvgIpc) is 3.10. The van der Waals surface area contributed by atoms with Crippen LogP contribution in [0.3, 0.4) is 0 Å². The fraction of sp³-hybridized carbons (Fsp3) is 0.325. The van der Waals surface area contributed by atoms with E-state index in [2.05, 4.69) is 5.32 Å². The highest BCUT2D eigenvalue weighted by Crippen LogP contribution is 2.43. The van der Waals surface area contributed by atoms with Crippen molar-refractivity contribution in [2.24, 2.45) is 0 Å². The minimum Gasteiger partial charge on any atom is -0.507 e. The van der Waals surface area contributed by atoms with E-state index in [9.17, 15) is 29.7 Å². The molecule has 11 nitrogen and oxygen atoms in total. The van der Waals surface area contributed by atoms with E-state index in [4.69, 9.17) is 18.9 Å². The molecule has 4 rings (SSSR count). The number of aromatic hydroxyl groups is 2. The van der Waals surface area contributed by atoms with Crippen molar-refractivity contribution in [2.75, 3.05) is 14.2 Å². The Labute approximate surface area is 297 Å². The first-order valence-corrected chi connectivity index (χ1v) is 16.3. The summed E-state index contributed by atoms with van der Waals surface area (Å²) < 4.78 is 23.0. The summed E-state index contributed by atoms with van der Waals surface area (Å²) in [5, 5.41) is 35.2. The third-order valence-corrected chi connectivity index (χ3v) is 9.74. The number of phenolic OH excluding ortho intramolecular Hbond substituents is 2. The largest absolute Gasteiger partial charge is 0.507 e. The van der Waals surface area contributed by atoms with Crippen molar-refractivity contribution in [3.8, 4) is 34.5 Å². The number of esters is 2. The molecule has 270 valence electrons. The minimum atomic E-state index is -1.17. The van der Waals surface area contributed by atoms with Crippen LogP contribution < -0.4 is 24.3 Å². The number of carboxylic acid groups (broad SMARTS) is 1. The number of ether oxygens (including phenoxy) is 4. The van der Waals surface area contributed by atoms with Gasteiger partial charge in [-0.25, -0.2) is 14.4 Å². The molecule has 0 saturated heterocycles. The molecule has 51 heavy (non-hydrogen) atoms. The second-order valence-electron chi connectivity index (χ2n) is 12.6. The lowest BCUT2D eigenvalue weighted by molar-refractivity contribution is 0.0689. The highest BCUT2D eigenvalue weighted by Gasteiger charge is 2.31. The zero-order valence-electron chi connectivity index (χ0n) is 30.9. The minimum absolute atomic E-state index is 0.0193. The van der Waals surface area contributed by atoms with Crippen molar-refractivity contribution in [3.05, 3.63) is 103 Å². The van der Waals surface area contributed by atoms with Crippen molar-refractivity contribution in [1.82, 2.24) is 5.32 Å². The topological polar surface area (TPSA) is 161 Å². The third kappa shape index (κ3) is 6.94.